The first kappa shape index (κ1) is 16.5. The van der Waals surface area contributed by atoms with Crippen molar-refractivity contribution in [2.45, 2.75) is 39.7 Å². The van der Waals surface area contributed by atoms with Gasteiger partial charge in [0, 0.05) is 31.8 Å². The minimum atomic E-state index is -0.0177. The van der Waals surface area contributed by atoms with Crippen LogP contribution in [0.5, 0.6) is 5.75 Å². The van der Waals surface area contributed by atoms with Gasteiger partial charge in [-0.1, -0.05) is 19.1 Å². The molecule has 0 saturated heterocycles. The monoisotopic (exact) mass is 303 g/mol. The molecule has 1 fully saturated rings. The van der Waals surface area contributed by atoms with Crippen LogP contribution in [0, 0.1) is 11.8 Å². The van der Waals surface area contributed by atoms with E-state index < -0.39 is 0 Å². The predicted molar refractivity (Wildman–Crippen MR) is 85.6 cm³/mol. The van der Waals surface area contributed by atoms with Gasteiger partial charge < -0.3 is 9.64 Å². The normalized spacial score (nSPS) is 21.5. The number of Topliss-reactive ketones (excluding diaryl/α,β-unsaturated/α-hetero) is 1. The van der Waals surface area contributed by atoms with Crippen molar-refractivity contribution in [3.05, 3.63) is 29.8 Å². The number of ether oxygens (including phenoxy) is 1. The average molecular weight is 303 g/mol. The summed E-state index contributed by atoms with van der Waals surface area (Å²) in [6.07, 6.45) is 1.77. The lowest BCUT2D eigenvalue weighted by Gasteiger charge is -2.32. The highest BCUT2D eigenvalue weighted by atomic mass is 16.5. The lowest BCUT2D eigenvalue weighted by Crippen LogP contribution is -2.40. The number of benzene rings is 1. The molecule has 0 bridgehead atoms. The van der Waals surface area contributed by atoms with Crippen molar-refractivity contribution in [1.82, 2.24) is 4.90 Å². The molecular formula is C18H25NO3. The summed E-state index contributed by atoms with van der Waals surface area (Å²) in [6, 6.07) is 7.80. The van der Waals surface area contributed by atoms with Crippen molar-refractivity contribution in [3.8, 4) is 5.75 Å². The van der Waals surface area contributed by atoms with E-state index in [2.05, 4.69) is 0 Å². The highest BCUT2D eigenvalue weighted by Crippen LogP contribution is 2.29. The number of carbonyl (C=O) groups excluding carboxylic acids is 2. The summed E-state index contributed by atoms with van der Waals surface area (Å²) >= 11 is 0. The Morgan fingerprint density at radius 1 is 1.32 bits per heavy atom. The lowest BCUT2D eigenvalue weighted by molar-refractivity contribution is -0.140. The molecule has 0 radical (unpaired) electrons. The van der Waals surface area contributed by atoms with Crippen LogP contribution in [0.2, 0.25) is 0 Å². The fourth-order valence-electron chi connectivity index (χ4n) is 3.10. The maximum atomic E-state index is 12.8. The second-order valence-corrected chi connectivity index (χ2v) is 6.07. The molecule has 0 aliphatic heterocycles. The predicted octanol–water partition coefficient (Wildman–Crippen LogP) is 3.05. The van der Waals surface area contributed by atoms with Crippen molar-refractivity contribution in [3.63, 3.8) is 0 Å². The zero-order valence-electron chi connectivity index (χ0n) is 13.7. The maximum Gasteiger partial charge on any atom is 0.226 e. The van der Waals surface area contributed by atoms with Crippen molar-refractivity contribution >= 4 is 11.7 Å². The number of hydrogen-bond donors (Lipinski definition) is 0. The minimum absolute atomic E-state index is 0.0177. The minimum Gasteiger partial charge on any atom is -0.497 e. The molecule has 1 aromatic carbocycles. The zero-order valence-corrected chi connectivity index (χ0v) is 13.7. The topological polar surface area (TPSA) is 46.6 Å². The van der Waals surface area contributed by atoms with Gasteiger partial charge in [-0.3, -0.25) is 9.59 Å². The number of rotatable bonds is 5. The number of amides is 1. The summed E-state index contributed by atoms with van der Waals surface area (Å²) in [4.78, 5) is 26.1. The molecule has 2 rings (SSSR count). The van der Waals surface area contributed by atoms with E-state index in [1.807, 2.05) is 43.0 Å². The molecule has 1 amide bonds. The zero-order chi connectivity index (χ0) is 16.1. The summed E-state index contributed by atoms with van der Waals surface area (Å²) in [5.41, 5.74) is 1.09. The Hall–Kier alpha value is -1.84. The highest BCUT2D eigenvalue weighted by Gasteiger charge is 2.33. The molecule has 0 N–H and O–H groups in total. The van der Waals surface area contributed by atoms with Crippen molar-refractivity contribution in [2.24, 2.45) is 11.8 Å². The Kier molecular flexibility index (Phi) is 5.58. The fraction of sp³-hybridized carbons (Fsp3) is 0.556. The Labute approximate surface area is 132 Å². The first-order valence-corrected chi connectivity index (χ1v) is 7.98. The van der Waals surface area contributed by atoms with Crippen LogP contribution in [0.15, 0.2) is 24.3 Å². The average Bonchev–Trinajstić information content (AvgIpc) is 2.52. The molecule has 120 valence electrons. The van der Waals surface area contributed by atoms with Gasteiger partial charge in [0.2, 0.25) is 5.91 Å². The summed E-state index contributed by atoms with van der Waals surface area (Å²) < 4.78 is 5.15. The second-order valence-electron chi connectivity index (χ2n) is 6.07. The molecule has 2 atom stereocenters. The first-order valence-electron chi connectivity index (χ1n) is 7.98. The Bertz CT molecular complexity index is 524. The molecule has 1 aliphatic carbocycles. The largest absolute Gasteiger partial charge is 0.497 e. The van der Waals surface area contributed by atoms with E-state index in [0.717, 1.165) is 11.3 Å². The van der Waals surface area contributed by atoms with Gasteiger partial charge in [-0.15, -0.1) is 0 Å². The summed E-state index contributed by atoms with van der Waals surface area (Å²) in [5, 5.41) is 0. The molecule has 1 aromatic rings. The van der Waals surface area contributed by atoms with E-state index >= 15 is 0 Å². The van der Waals surface area contributed by atoms with E-state index in [0.29, 0.717) is 32.4 Å². The van der Waals surface area contributed by atoms with E-state index in [1.54, 1.807) is 7.11 Å². The SMILES string of the molecule is CCN(Cc1ccc(OC)cc1)C(=O)[C@@H]1CCC(=O)C[C@H]1C. The molecule has 0 heterocycles. The third-order valence-corrected chi connectivity index (χ3v) is 4.51. The molecule has 1 aliphatic rings. The molecule has 22 heavy (non-hydrogen) atoms. The van der Waals surface area contributed by atoms with Gasteiger partial charge in [0.05, 0.1) is 7.11 Å². The van der Waals surface area contributed by atoms with Crippen LogP contribution in [0.25, 0.3) is 0 Å². The van der Waals surface area contributed by atoms with Gasteiger partial charge in [-0.2, -0.15) is 0 Å². The van der Waals surface area contributed by atoms with Gasteiger partial charge in [0.25, 0.3) is 0 Å². The Morgan fingerprint density at radius 2 is 2.00 bits per heavy atom. The van der Waals surface area contributed by atoms with Crippen molar-refractivity contribution < 1.29 is 14.3 Å². The standard InChI is InChI=1S/C18H25NO3/c1-4-19(12-14-5-8-16(22-3)9-6-14)18(21)17-10-7-15(20)11-13(17)2/h5-6,8-9,13,17H,4,7,10-12H2,1-3H3/t13-,17-/m1/s1. The van der Waals surface area contributed by atoms with Gasteiger partial charge in [-0.25, -0.2) is 0 Å². The molecule has 0 unspecified atom stereocenters. The first-order chi connectivity index (χ1) is 10.5. The number of methoxy groups -OCH3 is 1. The highest BCUT2D eigenvalue weighted by molar-refractivity contribution is 5.85. The Morgan fingerprint density at radius 3 is 2.55 bits per heavy atom. The second kappa shape index (κ2) is 7.43. The smallest absolute Gasteiger partial charge is 0.226 e. The summed E-state index contributed by atoms with van der Waals surface area (Å²) in [6.45, 7) is 5.31. The van der Waals surface area contributed by atoms with Crippen molar-refractivity contribution in [2.75, 3.05) is 13.7 Å². The molecule has 0 spiro atoms. The van der Waals surface area contributed by atoms with Crippen molar-refractivity contribution in [1.29, 1.82) is 0 Å². The van der Waals surface area contributed by atoms with E-state index in [9.17, 15) is 9.59 Å². The lowest BCUT2D eigenvalue weighted by atomic mass is 9.79. The Balaban J connectivity index is 2.03. The fourth-order valence-corrected chi connectivity index (χ4v) is 3.10. The number of carbonyl (C=O) groups is 2. The number of nitrogens with zero attached hydrogens (tertiary/aromatic N) is 1. The summed E-state index contributed by atoms with van der Waals surface area (Å²) in [5.74, 6) is 1.42. The van der Waals surface area contributed by atoms with Crippen LogP contribution in [-0.2, 0) is 16.1 Å². The molecule has 4 nitrogen and oxygen atoms in total. The van der Waals surface area contributed by atoms with Crippen LogP contribution < -0.4 is 4.74 Å². The molecule has 4 heteroatoms. The molecule has 0 aromatic heterocycles. The van der Waals surface area contributed by atoms with Crippen LogP contribution >= 0.6 is 0 Å². The van der Waals surface area contributed by atoms with Gasteiger partial charge in [0.1, 0.15) is 11.5 Å². The van der Waals surface area contributed by atoms with Crippen LogP contribution in [0.3, 0.4) is 0 Å². The number of ketones is 1. The van der Waals surface area contributed by atoms with Gasteiger partial charge in [-0.05, 0) is 37.0 Å². The van der Waals surface area contributed by atoms with E-state index in [-0.39, 0.29) is 23.5 Å². The number of hydrogen-bond acceptors (Lipinski definition) is 3. The maximum absolute atomic E-state index is 12.8. The van der Waals surface area contributed by atoms with Crippen LogP contribution in [0.1, 0.15) is 38.7 Å². The van der Waals surface area contributed by atoms with Crippen LogP contribution in [0.4, 0.5) is 0 Å². The molecular weight excluding hydrogens is 278 g/mol. The van der Waals surface area contributed by atoms with Crippen LogP contribution in [-0.4, -0.2) is 30.2 Å². The van der Waals surface area contributed by atoms with E-state index in [1.165, 1.54) is 0 Å². The van der Waals surface area contributed by atoms with E-state index in [4.69, 9.17) is 4.74 Å². The summed E-state index contributed by atoms with van der Waals surface area (Å²) in [7, 11) is 1.64. The molecule has 1 saturated carbocycles. The third kappa shape index (κ3) is 3.87. The van der Waals surface area contributed by atoms with Gasteiger partial charge in [0.15, 0.2) is 0 Å². The van der Waals surface area contributed by atoms with Gasteiger partial charge >= 0.3 is 0 Å². The quantitative estimate of drug-likeness (QED) is 0.840. The third-order valence-electron chi connectivity index (χ3n) is 4.51.